The van der Waals surface area contributed by atoms with Crippen LogP contribution >= 0.6 is 0 Å². The van der Waals surface area contributed by atoms with E-state index in [9.17, 15) is 13.2 Å². The van der Waals surface area contributed by atoms with Gasteiger partial charge < -0.3 is 10.5 Å². The number of nitrogens with zero attached hydrogens (tertiary/aromatic N) is 2. The smallest absolute Gasteiger partial charge is 0.378 e. The highest BCUT2D eigenvalue weighted by Gasteiger charge is 2.31. The predicted molar refractivity (Wildman–Crippen MR) is 47.1 cm³/mol. The zero-order chi connectivity index (χ0) is 11.3. The average Bonchev–Trinajstić information content (AvgIpc) is 2.60. The molecule has 0 aliphatic heterocycles. The topological polar surface area (TPSA) is 53.1 Å². The lowest BCUT2D eigenvalue weighted by Crippen LogP contribution is -2.12. The summed E-state index contributed by atoms with van der Waals surface area (Å²) in [6, 6.07) is 0. The Hall–Kier alpha value is -1.08. The SMILES string of the molecule is NCCOCCn1cc(C(F)(F)F)cn1. The molecule has 15 heavy (non-hydrogen) atoms. The van der Waals surface area contributed by atoms with Crippen LogP contribution in [0.2, 0.25) is 0 Å². The lowest BCUT2D eigenvalue weighted by molar-refractivity contribution is -0.137. The molecule has 1 aromatic heterocycles. The van der Waals surface area contributed by atoms with E-state index in [0.717, 1.165) is 12.4 Å². The number of rotatable bonds is 5. The van der Waals surface area contributed by atoms with Crippen molar-refractivity contribution < 1.29 is 17.9 Å². The molecule has 0 saturated heterocycles. The number of halogens is 3. The molecule has 0 bridgehead atoms. The van der Waals surface area contributed by atoms with Gasteiger partial charge in [0.1, 0.15) is 0 Å². The maximum Gasteiger partial charge on any atom is 0.419 e. The van der Waals surface area contributed by atoms with Gasteiger partial charge in [-0.1, -0.05) is 0 Å². The summed E-state index contributed by atoms with van der Waals surface area (Å²) in [5, 5.41) is 3.57. The minimum atomic E-state index is -4.34. The summed E-state index contributed by atoms with van der Waals surface area (Å²) >= 11 is 0. The molecule has 0 aliphatic rings. The number of nitrogens with two attached hydrogens (primary N) is 1. The highest BCUT2D eigenvalue weighted by atomic mass is 19.4. The maximum absolute atomic E-state index is 12.1. The molecule has 0 atom stereocenters. The standard InChI is InChI=1S/C8H12F3N3O/c9-8(10,11)7-5-13-14(6-7)2-4-15-3-1-12/h5-6H,1-4,12H2. The Bertz CT molecular complexity index is 298. The second kappa shape index (κ2) is 5.13. The Morgan fingerprint density at radius 1 is 1.40 bits per heavy atom. The summed E-state index contributed by atoms with van der Waals surface area (Å²) < 4.78 is 42.6. The van der Waals surface area contributed by atoms with Crippen molar-refractivity contribution in [2.24, 2.45) is 5.73 Å². The van der Waals surface area contributed by atoms with Gasteiger partial charge in [0.2, 0.25) is 0 Å². The molecule has 1 aromatic rings. The van der Waals surface area contributed by atoms with E-state index >= 15 is 0 Å². The van der Waals surface area contributed by atoms with Gasteiger partial charge >= 0.3 is 6.18 Å². The van der Waals surface area contributed by atoms with Crippen LogP contribution < -0.4 is 5.73 Å². The monoisotopic (exact) mass is 223 g/mol. The summed E-state index contributed by atoms with van der Waals surface area (Å²) in [6.45, 7) is 1.38. The van der Waals surface area contributed by atoms with Gasteiger partial charge in [-0.15, -0.1) is 0 Å². The third-order valence-corrected chi connectivity index (χ3v) is 1.69. The van der Waals surface area contributed by atoms with Crippen LogP contribution in [0.25, 0.3) is 0 Å². The second-order valence-electron chi connectivity index (χ2n) is 2.89. The molecule has 0 unspecified atom stereocenters. The van der Waals surface area contributed by atoms with Crippen LogP contribution in [0.3, 0.4) is 0 Å². The number of aromatic nitrogens is 2. The van der Waals surface area contributed by atoms with Crippen molar-refractivity contribution in [1.29, 1.82) is 0 Å². The molecule has 2 N–H and O–H groups in total. The van der Waals surface area contributed by atoms with Gasteiger partial charge in [0.25, 0.3) is 0 Å². The quantitative estimate of drug-likeness (QED) is 0.754. The minimum absolute atomic E-state index is 0.288. The first-order valence-corrected chi connectivity index (χ1v) is 4.41. The van der Waals surface area contributed by atoms with Gasteiger partial charge in [0.05, 0.1) is 31.5 Å². The third-order valence-electron chi connectivity index (χ3n) is 1.69. The largest absolute Gasteiger partial charge is 0.419 e. The number of hydrogen-bond donors (Lipinski definition) is 1. The van der Waals surface area contributed by atoms with Gasteiger partial charge in [-0.3, -0.25) is 4.68 Å². The minimum Gasteiger partial charge on any atom is -0.378 e. The van der Waals surface area contributed by atoms with Gasteiger partial charge in [-0.2, -0.15) is 18.3 Å². The first kappa shape index (κ1) is 12.0. The zero-order valence-electron chi connectivity index (χ0n) is 8.00. The fraction of sp³-hybridized carbons (Fsp3) is 0.625. The van der Waals surface area contributed by atoms with E-state index < -0.39 is 11.7 Å². The second-order valence-corrected chi connectivity index (χ2v) is 2.89. The molecule has 86 valence electrons. The molecule has 7 heteroatoms. The van der Waals surface area contributed by atoms with Gasteiger partial charge in [-0.25, -0.2) is 0 Å². The normalized spacial score (nSPS) is 12.0. The van der Waals surface area contributed by atoms with Gasteiger partial charge in [0.15, 0.2) is 0 Å². The predicted octanol–water partition coefficient (Wildman–Crippen LogP) is 0.877. The Morgan fingerprint density at radius 2 is 2.13 bits per heavy atom. The number of ether oxygens (including phenoxy) is 1. The van der Waals surface area contributed by atoms with Crippen LogP contribution in [-0.2, 0) is 17.5 Å². The molecule has 0 fully saturated rings. The number of alkyl halides is 3. The van der Waals surface area contributed by atoms with E-state index in [1.54, 1.807) is 0 Å². The van der Waals surface area contributed by atoms with Crippen LogP contribution in [0.5, 0.6) is 0 Å². The van der Waals surface area contributed by atoms with E-state index in [1.807, 2.05) is 0 Å². The summed E-state index contributed by atoms with van der Waals surface area (Å²) in [6.07, 6.45) is -2.59. The van der Waals surface area contributed by atoms with E-state index in [-0.39, 0.29) is 6.54 Å². The first-order valence-electron chi connectivity index (χ1n) is 4.41. The van der Waals surface area contributed by atoms with Crippen molar-refractivity contribution in [2.75, 3.05) is 19.8 Å². The van der Waals surface area contributed by atoms with Crippen LogP contribution in [-0.4, -0.2) is 29.5 Å². The summed E-state index contributed by atoms with van der Waals surface area (Å²) in [4.78, 5) is 0. The lowest BCUT2D eigenvalue weighted by atomic mass is 10.4. The van der Waals surface area contributed by atoms with Crippen molar-refractivity contribution in [3.8, 4) is 0 Å². The van der Waals surface area contributed by atoms with E-state index in [2.05, 4.69) is 5.10 Å². The molecule has 0 saturated carbocycles. The van der Waals surface area contributed by atoms with Gasteiger partial charge in [0, 0.05) is 12.7 Å². The molecule has 0 spiro atoms. The highest BCUT2D eigenvalue weighted by Crippen LogP contribution is 2.28. The third kappa shape index (κ3) is 3.88. The molecule has 4 nitrogen and oxygen atoms in total. The molecular weight excluding hydrogens is 211 g/mol. The van der Waals surface area contributed by atoms with Crippen molar-refractivity contribution in [3.05, 3.63) is 18.0 Å². The van der Waals surface area contributed by atoms with Crippen molar-refractivity contribution in [2.45, 2.75) is 12.7 Å². The van der Waals surface area contributed by atoms with Gasteiger partial charge in [-0.05, 0) is 0 Å². The van der Waals surface area contributed by atoms with Crippen LogP contribution in [0.4, 0.5) is 13.2 Å². The molecule has 1 heterocycles. The fourth-order valence-electron chi connectivity index (χ4n) is 0.976. The Balaban J connectivity index is 2.40. The molecule has 0 amide bonds. The first-order chi connectivity index (χ1) is 7.04. The molecule has 1 rings (SSSR count). The number of hydrogen-bond acceptors (Lipinski definition) is 3. The lowest BCUT2D eigenvalue weighted by Gasteiger charge is -2.03. The molecule has 0 radical (unpaired) electrons. The fourth-order valence-corrected chi connectivity index (χ4v) is 0.976. The summed E-state index contributed by atoms with van der Waals surface area (Å²) in [5.41, 5.74) is 4.42. The summed E-state index contributed by atoms with van der Waals surface area (Å²) in [7, 11) is 0. The van der Waals surface area contributed by atoms with Crippen LogP contribution in [0, 0.1) is 0 Å². The van der Waals surface area contributed by atoms with Crippen LogP contribution in [0.15, 0.2) is 12.4 Å². The molecular formula is C8H12F3N3O. The van der Waals surface area contributed by atoms with Crippen LogP contribution in [0.1, 0.15) is 5.56 Å². The zero-order valence-corrected chi connectivity index (χ0v) is 8.00. The highest BCUT2D eigenvalue weighted by molar-refractivity contribution is 5.08. The van der Waals surface area contributed by atoms with Crippen molar-refractivity contribution >= 4 is 0 Å². The van der Waals surface area contributed by atoms with Crippen molar-refractivity contribution in [1.82, 2.24) is 9.78 Å². The summed E-state index contributed by atoms with van der Waals surface area (Å²) in [5.74, 6) is 0. The Morgan fingerprint density at radius 3 is 2.67 bits per heavy atom. The molecule has 0 aromatic carbocycles. The maximum atomic E-state index is 12.1. The molecule has 0 aliphatic carbocycles. The Labute approximate surface area is 84.8 Å². The van der Waals surface area contributed by atoms with E-state index in [1.165, 1.54) is 4.68 Å². The van der Waals surface area contributed by atoms with E-state index in [4.69, 9.17) is 10.5 Å². The van der Waals surface area contributed by atoms with Crippen molar-refractivity contribution in [3.63, 3.8) is 0 Å². The Kier molecular flexibility index (Phi) is 4.10. The van der Waals surface area contributed by atoms with E-state index in [0.29, 0.717) is 19.8 Å². The average molecular weight is 223 g/mol.